The quantitative estimate of drug-likeness (QED) is 0.772. The molecule has 2 atom stereocenters. The summed E-state index contributed by atoms with van der Waals surface area (Å²) in [5, 5.41) is 2.93. The number of nitrogens with zero attached hydrogens (tertiary/aromatic N) is 1. The summed E-state index contributed by atoms with van der Waals surface area (Å²) in [5.41, 5.74) is 0.464. The molecule has 1 heterocycles. The van der Waals surface area contributed by atoms with Crippen molar-refractivity contribution < 1.29 is 9.53 Å². The molecule has 1 fully saturated rings. The summed E-state index contributed by atoms with van der Waals surface area (Å²) in [6, 6.07) is 0. The van der Waals surface area contributed by atoms with Crippen molar-refractivity contribution in [2.24, 2.45) is 5.92 Å². The number of ether oxygens (including phenoxy) is 1. The van der Waals surface area contributed by atoms with Gasteiger partial charge in [0, 0.05) is 11.3 Å². The van der Waals surface area contributed by atoms with Crippen molar-refractivity contribution in [2.75, 3.05) is 7.11 Å². The number of aromatic nitrogens is 1. The molecule has 1 saturated carbocycles. The second-order valence-corrected chi connectivity index (χ2v) is 5.59. The third-order valence-electron chi connectivity index (χ3n) is 3.63. The molecule has 1 aromatic rings. The highest BCUT2D eigenvalue weighted by Gasteiger charge is 2.25. The molecule has 0 aromatic carbocycles. The summed E-state index contributed by atoms with van der Waals surface area (Å²) in [5.74, 6) is 1.06. The van der Waals surface area contributed by atoms with Gasteiger partial charge >= 0.3 is 5.97 Å². The molecule has 0 radical (unpaired) electrons. The lowest BCUT2D eigenvalue weighted by Gasteiger charge is -2.26. The number of thiazole rings is 1. The van der Waals surface area contributed by atoms with Crippen LogP contribution in [0.5, 0.6) is 0 Å². The van der Waals surface area contributed by atoms with E-state index in [1.54, 1.807) is 11.3 Å². The second-order valence-electron chi connectivity index (χ2n) is 4.70. The van der Waals surface area contributed by atoms with Crippen molar-refractivity contribution in [2.45, 2.75) is 44.9 Å². The molecule has 94 valence electrons. The molecule has 0 saturated heterocycles. The average Bonchev–Trinajstić information content (AvgIpc) is 2.87. The van der Waals surface area contributed by atoms with E-state index in [9.17, 15) is 4.79 Å². The van der Waals surface area contributed by atoms with Gasteiger partial charge in [-0.25, -0.2) is 9.78 Å². The molecule has 3 nitrogen and oxygen atoms in total. The molecule has 0 aliphatic heterocycles. The Morgan fingerprint density at radius 2 is 2.41 bits per heavy atom. The minimum Gasteiger partial charge on any atom is -0.464 e. The fourth-order valence-electron chi connectivity index (χ4n) is 2.56. The van der Waals surface area contributed by atoms with E-state index in [0.717, 1.165) is 10.9 Å². The molecule has 1 aromatic heterocycles. The van der Waals surface area contributed by atoms with Crippen LogP contribution in [0, 0.1) is 5.92 Å². The number of hydrogen-bond acceptors (Lipinski definition) is 4. The fraction of sp³-hybridized carbons (Fsp3) is 0.692. The third kappa shape index (κ3) is 2.86. The van der Waals surface area contributed by atoms with E-state index >= 15 is 0 Å². The van der Waals surface area contributed by atoms with Crippen LogP contribution in [0.1, 0.15) is 60.4 Å². The summed E-state index contributed by atoms with van der Waals surface area (Å²) in [6.45, 7) is 2.26. The zero-order valence-electron chi connectivity index (χ0n) is 10.4. The number of methoxy groups -OCH3 is 1. The van der Waals surface area contributed by atoms with Crippen LogP contribution >= 0.6 is 11.3 Å². The molecule has 0 N–H and O–H groups in total. The molecule has 17 heavy (non-hydrogen) atoms. The Morgan fingerprint density at radius 3 is 3.12 bits per heavy atom. The van der Waals surface area contributed by atoms with Crippen molar-refractivity contribution in [1.82, 2.24) is 4.98 Å². The molecular formula is C13H19NO2S. The topological polar surface area (TPSA) is 39.2 Å². The zero-order valence-corrected chi connectivity index (χ0v) is 11.3. The number of carbonyl (C=O) groups excluding carboxylic acids is 1. The Hall–Kier alpha value is -0.900. The van der Waals surface area contributed by atoms with Crippen LogP contribution in [0.2, 0.25) is 0 Å². The first-order chi connectivity index (χ1) is 8.24. The Balaban J connectivity index is 2.06. The lowest BCUT2D eigenvalue weighted by atomic mass is 9.80. The van der Waals surface area contributed by atoms with Crippen LogP contribution in [0.25, 0.3) is 0 Å². The molecule has 0 bridgehead atoms. The highest BCUT2D eigenvalue weighted by molar-refractivity contribution is 7.09. The van der Waals surface area contributed by atoms with E-state index in [2.05, 4.69) is 16.6 Å². The maximum absolute atomic E-state index is 11.4. The van der Waals surface area contributed by atoms with Crippen molar-refractivity contribution in [3.05, 3.63) is 16.1 Å². The van der Waals surface area contributed by atoms with Crippen LogP contribution in [-0.2, 0) is 4.74 Å². The Bertz CT molecular complexity index is 389. The van der Waals surface area contributed by atoms with Gasteiger partial charge in [-0.05, 0) is 18.8 Å². The maximum atomic E-state index is 11.4. The lowest BCUT2D eigenvalue weighted by Crippen LogP contribution is -2.13. The normalized spacial score (nSPS) is 24.6. The van der Waals surface area contributed by atoms with Gasteiger partial charge in [0.1, 0.15) is 0 Å². The third-order valence-corrected chi connectivity index (χ3v) is 4.63. The Labute approximate surface area is 106 Å². The molecule has 0 spiro atoms. The van der Waals surface area contributed by atoms with E-state index in [4.69, 9.17) is 0 Å². The van der Waals surface area contributed by atoms with E-state index in [1.807, 2.05) is 5.38 Å². The highest BCUT2D eigenvalue weighted by atomic mass is 32.1. The summed E-state index contributed by atoms with van der Waals surface area (Å²) in [7, 11) is 1.40. The molecule has 4 heteroatoms. The smallest absolute Gasteiger partial charge is 0.357 e. The van der Waals surface area contributed by atoms with Crippen LogP contribution in [0.3, 0.4) is 0 Å². The first-order valence-corrected chi connectivity index (χ1v) is 7.16. The second kappa shape index (κ2) is 5.63. The van der Waals surface area contributed by atoms with Crippen LogP contribution in [-0.4, -0.2) is 18.1 Å². The zero-order chi connectivity index (χ0) is 12.3. The van der Waals surface area contributed by atoms with Gasteiger partial charge in [0.15, 0.2) is 5.69 Å². The molecule has 1 aliphatic rings. The van der Waals surface area contributed by atoms with Crippen LogP contribution < -0.4 is 0 Å². The van der Waals surface area contributed by atoms with E-state index in [-0.39, 0.29) is 5.97 Å². The molecular weight excluding hydrogens is 234 g/mol. The molecule has 2 rings (SSSR count). The fourth-order valence-corrected chi connectivity index (χ4v) is 3.50. The maximum Gasteiger partial charge on any atom is 0.357 e. The monoisotopic (exact) mass is 253 g/mol. The minimum absolute atomic E-state index is 0.324. The van der Waals surface area contributed by atoms with Crippen molar-refractivity contribution in [1.29, 1.82) is 0 Å². The van der Waals surface area contributed by atoms with Gasteiger partial charge < -0.3 is 4.74 Å². The number of carbonyl (C=O) groups is 1. The number of hydrogen-bond donors (Lipinski definition) is 0. The predicted molar refractivity (Wildman–Crippen MR) is 68.4 cm³/mol. The molecule has 0 amide bonds. The van der Waals surface area contributed by atoms with Crippen molar-refractivity contribution >= 4 is 17.3 Å². The van der Waals surface area contributed by atoms with E-state index in [0.29, 0.717) is 11.6 Å². The summed E-state index contributed by atoms with van der Waals surface area (Å²) < 4.78 is 4.68. The van der Waals surface area contributed by atoms with Crippen molar-refractivity contribution in [3.8, 4) is 0 Å². The van der Waals surface area contributed by atoms with Crippen molar-refractivity contribution in [3.63, 3.8) is 0 Å². The van der Waals surface area contributed by atoms with E-state index in [1.165, 1.54) is 39.2 Å². The molecule has 1 aliphatic carbocycles. The summed E-state index contributed by atoms with van der Waals surface area (Å²) in [6.07, 6.45) is 6.33. The van der Waals surface area contributed by atoms with Gasteiger partial charge in [-0.15, -0.1) is 11.3 Å². The van der Waals surface area contributed by atoms with Gasteiger partial charge in [-0.3, -0.25) is 0 Å². The van der Waals surface area contributed by atoms with Gasteiger partial charge in [-0.1, -0.05) is 26.2 Å². The minimum atomic E-state index is -0.324. The highest BCUT2D eigenvalue weighted by Crippen LogP contribution is 2.38. The summed E-state index contributed by atoms with van der Waals surface area (Å²) in [4.78, 5) is 15.8. The van der Waals surface area contributed by atoms with Gasteiger partial charge in [-0.2, -0.15) is 0 Å². The Kier molecular flexibility index (Phi) is 4.15. The average molecular weight is 253 g/mol. The lowest BCUT2D eigenvalue weighted by molar-refractivity contribution is 0.0594. The van der Waals surface area contributed by atoms with Gasteiger partial charge in [0.05, 0.1) is 12.1 Å². The SMILES string of the molecule is CCC1CCCC(c2nc(C(=O)OC)cs2)C1. The summed E-state index contributed by atoms with van der Waals surface area (Å²) >= 11 is 1.60. The number of rotatable bonds is 3. The predicted octanol–water partition coefficient (Wildman–Crippen LogP) is 3.61. The number of esters is 1. The molecule has 2 unspecified atom stereocenters. The first kappa shape index (κ1) is 12.6. The standard InChI is InChI=1S/C13H19NO2S/c1-3-9-5-4-6-10(7-9)12-14-11(8-17-12)13(15)16-2/h8-10H,3-7H2,1-2H3. The van der Waals surface area contributed by atoms with E-state index < -0.39 is 0 Å². The Morgan fingerprint density at radius 1 is 1.59 bits per heavy atom. The van der Waals surface area contributed by atoms with Gasteiger partial charge in [0.25, 0.3) is 0 Å². The first-order valence-electron chi connectivity index (χ1n) is 6.28. The van der Waals surface area contributed by atoms with Crippen LogP contribution in [0.4, 0.5) is 0 Å². The largest absolute Gasteiger partial charge is 0.464 e. The van der Waals surface area contributed by atoms with Gasteiger partial charge in [0.2, 0.25) is 0 Å². The van der Waals surface area contributed by atoms with Crippen LogP contribution in [0.15, 0.2) is 5.38 Å².